The third-order valence-electron chi connectivity index (χ3n) is 5.48. The highest BCUT2D eigenvalue weighted by Crippen LogP contribution is 2.32. The fraction of sp³-hybridized carbons (Fsp3) is 0.333. The summed E-state index contributed by atoms with van der Waals surface area (Å²) < 4.78 is 10.8. The van der Waals surface area contributed by atoms with Gasteiger partial charge >= 0.3 is 0 Å². The predicted octanol–water partition coefficient (Wildman–Crippen LogP) is 5.11. The number of thioether (sulfide) groups is 1. The zero-order valence-electron chi connectivity index (χ0n) is 18.4. The number of methoxy groups -OCH3 is 1. The van der Waals surface area contributed by atoms with Crippen LogP contribution in [0.1, 0.15) is 54.3 Å². The van der Waals surface area contributed by atoms with Crippen molar-refractivity contribution in [3.63, 3.8) is 0 Å². The Bertz CT molecular complexity index is 1080. The molecule has 33 heavy (non-hydrogen) atoms. The lowest BCUT2D eigenvalue weighted by molar-refractivity contribution is -0.113. The summed E-state index contributed by atoms with van der Waals surface area (Å²) in [6.45, 7) is 0. The van der Waals surface area contributed by atoms with Crippen LogP contribution in [0.5, 0.6) is 5.75 Å². The number of hydrogen-bond donors (Lipinski definition) is 2. The van der Waals surface area contributed by atoms with Crippen molar-refractivity contribution in [1.29, 1.82) is 0 Å². The molecule has 1 aliphatic rings. The molecule has 172 valence electrons. The van der Waals surface area contributed by atoms with E-state index in [0.29, 0.717) is 34.0 Å². The minimum absolute atomic E-state index is 0.159. The Morgan fingerprint density at radius 3 is 2.33 bits per heavy atom. The normalized spacial score (nSPS) is 14.0. The third-order valence-corrected chi connectivity index (χ3v) is 6.30. The maximum atomic E-state index is 12.4. The molecule has 1 aromatic heterocycles. The summed E-state index contributed by atoms with van der Waals surface area (Å²) in [5.41, 5.74) is 1.76. The summed E-state index contributed by atoms with van der Waals surface area (Å²) >= 11 is 1.22. The summed E-state index contributed by atoms with van der Waals surface area (Å²) in [4.78, 5) is 24.7. The number of carbonyl (C=O) groups is 2. The molecule has 3 aromatic rings. The number of amides is 2. The van der Waals surface area contributed by atoms with Crippen LogP contribution >= 0.6 is 11.8 Å². The Morgan fingerprint density at radius 2 is 1.64 bits per heavy atom. The minimum atomic E-state index is -0.237. The van der Waals surface area contributed by atoms with Gasteiger partial charge in [0.25, 0.3) is 11.1 Å². The fourth-order valence-corrected chi connectivity index (χ4v) is 4.27. The molecule has 2 aromatic carbocycles. The van der Waals surface area contributed by atoms with Gasteiger partial charge in [-0.25, -0.2) is 0 Å². The van der Waals surface area contributed by atoms with Gasteiger partial charge in [0.15, 0.2) is 0 Å². The Labute approximate surface area is 196 Å². The highest BCUT2D eigenvalue weighted by Gasteiger charge is 2.21. The van der Waals surface area contributed by atoms with Crippen LogP contribution in [0.4, 0.5) is 11.4 Å². The van der Waals surface area contributed by atoms with Crippen molar-refractivity contribution < 1.29 is 18.7 Å². The van der Waals surface area contributed by atoms with Crippen molar-refractivity contribution in [2.24, 2.45) is 0 Å². The number of anilines is 2. The number of carbonyl (C=O) groups excluding carboxylic acids is 2. The number of aromatic nitrogens is 2. The molecule has 1 saturated carbocycles. The Morgan fingerprint density at radius 1 is 0.970 bits per heavy atom. The number of nitrogens with one attached hydrogen (secondary N) is 2. The SMILES string of the molecule is COc1ccc(NC(=O)c2ccc(NC(=O)CSc3nnc(C4CCCCC4)o3)cc2)cc1. The van der Waals surface area contributed by atoms with E-state index >= 15 is 0 Å². The Hall–Kier alpha value is -3.33. The van der Waals surface area contributed by atoms with Crippen LogP contribution in [-0.2, 0) is 4.79 Å². The zero-order valence-corrected chi connectivity index (χ0v) is 19.2. The summed E-state index contributed by atoms with van der Waals surface area (Å²) in [5.74, 6) is 1.48. The maximum Gasteiger partial charge on any atom is 0.277 e. The van der Waals surface area contributed by atoms with Gasteiger partial charge in [0.05, 0.1) is 12.9 Å². The molecule has 9 heteroatoms. The van der Waals surface area contributed by atoms with Gasteiger partial charge in [-0.3, -0.25) is 9.59 Å². The molecule has 0 radical (unpaired) electrons. The first-order chi connectivity index (χ1) is 16.1. The first-order valence-corrected chi connectivity index (χ1v) is 11.9. The van der Waals surface area contributed by atoms with Gasteiger partial charge in [0.2, 0.25) is 11.8 Å². The lowest BCUT2D eigenvalue weighted by atomic mass is 9.89. The van der Waals surface area contributed by atoms with E-state index < -0.39 is 0 Å². The molecule has 0 saturated heterocycles. The van der Waals surface area contributed by atoms with Gasteiger partial charge in [-0.15, -0.1) is 10.2 Å². The van der Waals surface area contributed by atoms with E-state index in [2.05, 4.69) is 20.8 Å². The third kappa shape index (κ3) is 6.35. The van der Waals surface area contributed by atoms with Crippen LogP contribution in [0.2, 0.25) is 0 Å². The predicted molar refractivity (Wildman–Crippen MR) is 127 cm³/mol. The molecule has 0 spiro atoms. The average Bonchev–Trinajstić information content (AvgIpc) is 3.33. The molecule has 1 aliphatic carbocycles. The van der Waals surface area contributed by atoms with Crippen molar-refractivity contribution in [2.75, 3.05) is 23.5 Å². The van der Waals surface area contributed by atoms with Gasteiger partial charge in [-0.1, -0.05) is 31.0 Å². The molecule has 0 bridgehead atoms. The molecule has 1 heterocycles. The molecule has 2 N–H and O–H groups in total. The van der Waals surface area contributed by atoms with Crippen molar-refractivity contribution in [3.05, 3.63) is 60.0 Å². The van der Waals surface area contributed by atoms with Crippen LogP contribution in [-0.4, -0.2) is 34.9 Å². The largest absolute Gasteiger partial charge is 0.497 e. The molecule has 0 atom stereocenters. The first-order valence-electron chi connectivity index (χ1n) is 10.9. The van der Waals surface area contributed by atoms with Gasteiger partial charge in [0.1, 0.15) is 5.75 Å². The van der Waals surface area contributed by atoms with Crippen LogP contribution in [0.25, 0.3) is 0 Å². The molecule has 8 nitrogen and oxygen atoms in total. The topological polar surface area (TPSA) is 106 Å². The van der Waals surface area contributed by atoms with Crippen LogP contribution in [0.3, 0.4) is 0 Å². The van der Waals surface area contributed by atoms with E-state index in [9.17, 15) is 9.59 Å². The standard InChI is InChI=1S/C24H26N4O4S/c1-31-20-13-11-19(12-14-20)26-22(30)16-7-9-18(10-8-16)25-21(29)15-33-24-28-27-23(32-24)17-5-3-2-4-6-17/h7-14,17H,2-6,15H2,1H3,(H,25,29)(H,26,30). The van der Waals surface area contributed by atoms with Gasteiger partial charge in [0, 0.05) is 22.9 Å². The second-order valence-electron chi connectivity index (χ2n) is 7.84. The summed E-state index contributed by atoms with van der Waals surface area (Å²) in [6, 6.07) is 13.8. The fourth-order valence-electron chi connectivity index (χ4n) is 3.70. The minimum Gasteiger partial charge on any atom is -0.497 e. The zero-order chi connectivity index (χ0) is 23.0. The Kier molecular flexibility index (Phi) is 7.62. The average molecular weight is 467 g/mol. The van der Waals surface area contributed by atoms with E-state index in [1.807, 2.05) is 0 Å². The quantitative estimate of drug-likeness (QED) is 0.444. The van der Waals surface area contributed by atoms with E-state index in [1.165, 1.54) is 31.0 Å². The summed E-state index contributed by atoms with van der Waals surface area (Å²) in [7, 11) is 1.59. The molecule has 4 rings (SSSR count). The molecule has 1 fully saturated rings. The van der Waals surface area contributed by atoms with E-state index in [0.717, 1.165) is 18.6 Å². The first kappa shape index (κ1) is 22.8. The highest BCUT2D eigenvalue weighted by molar-refractivity contribution is 7.99. The van der Waals surface area contributed by atoms with Crippen molar-refractivity contribution >= 4 is 35.0 Å². The van der Waals surface area contributed by atoms with Crippen LogP contribution in [0.15, 0.2) is 58.2 Å². The summed E-state index contributed by atoms with van der Waals surface area (Å²) in [5, 5.41) is 14.3. The second-order valence-corrected chi connectivity index (χ2v) is 8.76. The Balaban J connectivity index is 1.24. The van der Waals surface area contributed by atoms with Gasteiger partial charge in [-0.05, 0) is 61.4 Å². The lowest BCUT2D eigenvalue weighted by Crippen LogP contribution is -2.15. The lowest BCUT2D eigenvalue weighted by Gasteiger charge is -2.17. The molecular formula is C24H26N4O4S. The van der Waals surface area contributed by atoms with Crippen molar-refractivity contribution in [1.82, 2.24) is 10.2 Å². The number of rotatable bonds is 8. The monoisotopic (exact) mass is 466 g/mol. The summed E-state index contributed by atoms with van der Waals surface area (Å²) in [6.07, 6.45) is 5.82. The number of hydrogen-bond acceptors (Lipinski definition) is 7. The molecule has 0 aliphatic heterocycles. The van der Waals surface area contributed by atoms with E-state index in [1.54, 1.807) is 55.6 Å². The molecule has 2 amide bonds. The van der Waals surface area contributed by atoms with Crippen molar-refractivity contribution in [2.45, 2.75) is 43.2 Å². The van der Waals surface area contributed by atoms with Crippen LogP contribution < -0.4 is 15.4 Å². The number of ether oxygens (including phenoxy) is 1. The molecule has 0 unspecified atom stereocenters. The van der Waals surface area contributed by atoms with E-state index in [4.69, 9.17) is 9.15 Å². The van der Waals surface area contributed by atoms with Gasteiger partial charge in [-0.2, -0.15) is 0 Å². The van der Waals surface area contributed by atoms with Crippen molar-refractivity contribution in [3.8, 4) is 5.75 Å². The van der Waals surface area contributed by atoms with Gasteiger partial charge < -0.3 is 19.8 Å². The maximum absolute atomic E-state index is 12.4. The number of nitrogens with zero attached hydrogens (tertiary/aromatic N) is 2. The number of benzene rings is 2. The highest BCUT2D eigenvalue weighted by atomic mass is 32.2. The second kappa shape index (κ2) is 11.0. The van der Waals surface area contributed by atoms with E-state index in [-0.39, 0.29) is 17.6 Å². The smallest absolute Gasteiger partial charge is 0.277 e. The molecular weight excluding hydrogens is 440 g/mol. The van der Waals surface area contributed by atoms with Crippen LogP contribution in [0, 0.1) is 0 Å².